The number of nitrogens with one attached hydrogen (secondary N) is 1. The van der Waals surface area contributed by atoms with Crippen LogP contribution in [-0.4, -0.2) is 37.4 Å². The maximum Gasteiger partial charge on any atom is 0.234 e. The number of piperidine rings is 1. The Morgan fingerprint density at radius 3 is 2.95 bits per heavy atom. The van der Waals surface area contributed by atoms with Crippen molar-refractivity contribution in [1.29, 1.82) is 0 Å². The Morgan fingerprint density at radius 1 is 1.14 bits per heavy atom. The van der Waals surface area contributed by atoms with Crippen LogP contribution in [0.15, 0.2) is 37.1 Å². The summed E-state index contributed by atoms with van der Waals surface area (Å²) in [6, 6.07) is 1.88. The van der Waals surface area contributed by atoms with Crippen molar-refractivity contribution in [1.82, 2.24) is 29.7 Å². The fraction of sp³-hybridized carbons (Fsp3) is 0.375. The van der Waals surface area contributed by atoms with E-state index < -0.39 is 0 Å². The number of imidazole rings is 1. The smallest absolute Gasteiger partial charge is 0.234 e. The van der Waals surface area contributed by atoms with E-state index in [1.54, 1.807) is 12.4 Å². The fourth-order valence-electron chi connectivity index (χ4n) is 3.00. The van der Waals surface area contributed by atoms with E-state index >= 15 is 0 Å². The van der Waals surface area contributed by atoms with E-state index in [0.29, 0.717) is 11.7 Å². The van der Waals surface area contributed by atoms with Gasteiger partial charge in [-0.15, -0.1) is 0 Å². The van der Waals surface area contributed by atoms with Crippen molar-refractivity contribution in [3.05, 3.63) is 42.7 Å². The van der Waals surface area contributed by atoms with Crippen molar-refractivity contribution >= 4 is 5.78 Å². The lowest BCUT2D eigenvalue weighted by molar-refractivity contribution is 0.373. The molecule has 3 aromatic rings. The van der Waals surface area contributed by atoms with Gasteiger partial charge in [-0.2, -0.15) is 0 Å². The Labute approximate surface area is 128 Å². The summed E-state index contributed by atoms with van der Waals surface area (Å²) < 4.78 is 1.93. The van der Waals surface area contributed by atoms with Crippen LogP contribution in [0, 0.1) is 5.92 Å². The van der Waals surface area contributed by atoms with E-state index in [-0.39, 0.29) is 0 Å². The molecule has 0 amide bonds. The quantitative estimate of drug-likeness (QED) is 0.796. The van der Waals surface area contributed by atoms with E-state index in [9.17, 15) is 0 Å². The van der Waals surface area contributed by atoms with Crippen LogP contribution < -0.4 is 5.32 Å². The summed E-state index contributed by atoms with van der Waals surface area (Å²) in [6.45, 7) is 2.23. The molecule has 6 nitrogen and oxygen atoms in total. The molecule has 1 saturated heterocycles. The third-order valence-electron chi connectivity index (χ3n) is 4.15. The second-order valence-corrected chi connectivity index (χ2v) is 5.74. The van der Waals surface area contributed by atoms with Crippen LogP contribution in [-0.2, 0) is 6.42 Å². The van der Waals surface area contributed by atoms with E-state index in [1.165, 1.54) is 12.8 Å². The lowest BCUT2D eigenvalue weighted by atomic mass is 9.95. The molecule has 4 heterocycles. The molecule has 4 rings (SSSR count). The zero-order chi connectivity index (χ0) is 14.8. The monoisotopic (exact) mass is 294 g/mol. The Hall–Kier alpha value is -2.34. The van der Waals surface area contributed by atoms with Gasteiger partial charge in [-0.1, -0.05) is 0 Å². The molecule has 0 radical (unpaired) electrons. The molecule has 6 heteroatoms. The van der Waals surface area contributed by atoms with Crippen LogP contribution >= 0.6 is 0 Å². The molecule has 1 N–H and O–H groups in total. The average molecular weight is 294 g/mol. The second kappa shape index (κ2) is 5.81. The summed E-state index contributed by atoms with van der Waals surface area (Å²) in [7, 11) is 0. The maximum atomic E-state index is 4.58. The van der Waals surface area contributed by atoms with Crippen molar-refractivity contribution in [2.24, 2.45) is 5.92 Å². The van der Waals surface area contributed by atoms with E-state index in [1.807, 2.05) is 29.1 Å². The minimum absolute atomic E-state index is 0.675. The average Bonchev–Trinajstić information content (AvgIpc) is 3.01. The highest BCUT2D eigenvalue weighted by atomic mass is 15.1. The number of nitrogens with zero attached hydrogens (tertiary/aromatic N) is 5. The number of aromatic nitrogens is 5. The Bertz CT molecular complexity index is 758. The third kappa shape index (κ3) is 2.57. The first kappa shape index (κ1) is 13.3. The van der Waals surface area contributed by atoms with Gasteiger partial charge in [-0.3, -0.25) is 14.4 Å². The molecule has 0 saturated carbocycles. The van der Waals surface area contributed by atoms with E-state index in [4.69, 9.17) is 0 Å². The number of hydrogen-bond acceptors (Lipinski definition) is 5. The van der Waals surface area contributed by atoms with Gasteiger partial charge in [0.2, 0.25) is 5.78 Å². The van der Waals surface area contributed by atoms with Gasteiger partial charge < -0.3 is 5.32 Å². The molecule has 1 atom stereocenters. The molecular weight excluding hydrogens is 276 g/mol. The predicted molar refractivity (Wildman–Crippen MR) is 83.3 cm³/mol. The Balaban J connectivity index is 1.56. The van der Waals surface area contributed by atoms with Crippen molar-refractivity contribution in [3.63, 3.8) is 0 Å². The second-order valence-electron chi connectivity index (χ2n) is 5.74. The molecule has 22 heavy (non-hydrogen) atoms. The fourth-order valence-corrected chi connectivity index (χ4v) is 3.00. The van der Waals surface area contributed by atoms with Crippen LogP contribution in [0.5, 0.6) is 0 Å². The molecule has 3 aromatic heterocycles. The first-order valence-corrected chi connectivity index (χ1v) is 7.70. The van der Waals surface area contributed by atoms with Gasteiger partial charge in [0.1, 0.15) is 5.69 Å². The molecular formula is C16H18N6. The topological polar surface area (TPSA) is 68.0 Å². The maximum absolute atomic E-state index is 4.58. The van der Waals surface area contributed by atoms with Crippen molar-refractivity contribution < 1.29 is 0 Å². The van der Waals surface area contributed by atoms with Crippen molar-refractivity contribution in [3.8, 4) is 11.4 Å². The van der Waals surface area contributed by atoms with Crippen LogP contribution in [0.25, 0.3) is 17.2 Å². The zero-order valence-electron chi connectivity index (χ0n) is 12.3. The summed E-state index contributed by atoms with van der Waals surface area (Å²) in [5, 5.41) is 3.44. The number of hydrogen-bond donors (Lipinski definition) is 1. The zero-order valence-corrected chi connectivity index (χ0v) is 12.3. The molecule has 0 bridgehead atoms. The summed E-state index contributed by atoms with van der Waals surface area (Å²) >= 11 is 0. The van der Waals surface area contributed by atoms with Crippen LogP contribution in [0.4, 0.5) is 0 Å². The number of fused-ring (bicyclic) bond motifs is 1. The van der Waals surface area contributed by atoms with Gasteiger partial charge in [0.25, 0.3) is 0 Å². The molecule has 1 aliphatic rings. The first-order valence-electron chi connectivity index (χ1n) is 7.70. The van der Waals surface area contributed by atoms with Crippen LogP contribution in [0.2, 0.25) is 0 Å². The molecule has 0 aliphatic carbocycles. The van der Waals surface area contributed by atoms with E-state index in [2.05, 4.69) is 25.3 Å². The SMILES string of the molecule is c1cnc2ncc(-c3cnc(CC4CCCNC4)cn3)n2c1. The van der Waals surface area contributed by atoms with Gasteiger partial charge in [0.05, 0.1) is 23.8 Å². The highest BCUT2D eigenvalue weighted by Gasteiger charge is 2.15. The standard InChI is InChI=1S/C16H18N6/c1-3-12(8-17-4-1)7-13-9-20-14(10-19-13)15-11-21-16-18-5-2-6-22(15)16/h2,5-6,9-12,17H,1,3-4,7-8H2. The summed E-state index contributed by atoms with van der Waals surface area (Å²) in [5.74, 6) is 1.35. The lowest BCUT2D eigenvalue weighted by Crippen LogP contribution is -2.31. The molecule has 1 fully saturated rings. The summed E-state index contributed by atoms with van der Waals surface area (Å²) in [6.07, 6.45) is 12.7. The highest BCUT2D eigenvalue weighted by molar-refractivity contribution is 5.56. The van der Waals surface area contributed by atoms with Gasteiger partial charge in [-0.25, -0.2) is 9.97 Å². The third-order valence-corrected chi connectivity index (χ3v) is 4.15. The van der Waals surface area contributed by atoms with Crippen molar-refractivity contribution in [2.45, 2.75) is 19.3 Å². The summed E-state index contributed by atoms with van der Waals surface area (Å²) in [5.41, 5.74) is 2.80. The molecule has 1 aliphatic heterocycles. The normalized spacial score (nSPS) is 18.6. The van der Waals surface area contributed by atoms with Gasteiger partial charge in [0, 0.05) is 18.6 Å². The predicted octanol–water partition coefficient (Wildman–Crippen LogP) is 1.73. The number of rotatable bonds is 3. The Morgan fingerprint density at radius 2 is 2.14 bits per heavy atom. The Kier molecular flexibility index (Phi) is 3.52. The molecule has 112 valence electrons. The first-order chi connectivity index (χ1) is 10.9. The van der Waals surface area contributed by atoms with Crippen LogP contribution in [0.3, 0.4) is 0 Å². The van der Waals surface area contributed by atoms with Gasteiger partial charge >= 0.3 is 0 Å². The van der Waals surface area contributed by atoms with Gasteiger partial charge in [0.15, 0.2) is 0 Å². The highest BCUT2D eigenvalue weighted by Crippen LogP contribution is 2.19. The van der Waals surface area contributed by atoms with E-state index in [0.717, 1.165) is 36.6 Å². The molecule has 0 aromatic carbocycles. The largest absolute Gasteiger partial charge is 0.316 e. The van der Waals surface area contributed by atoms with Crippen molar-refractivity contribution in [2.75, 3.05) is 13.1 Å². The lowest BCUT2D eigenvalue weighted by Gasteiger charge is -2.22. The molecule has 1 unspecified atom stereocenters. The molecule has 0 spiro atoms. The minimum Gasteiger partial charge on any atom is -0.316 e. The van der Waals surface area contributed by atoms with Crippen LogP contribution in [0.1, 0.15) is 18.5 Å². The minimum atomic E-state index is 0.675. The summed E-state index contributed by atoms with van der Waals surface area (Å²) in [4.78, 5) is 17.7. The van der Waals surface area contributed by atoms with Gasteiger partial charge in [-0.05, 0) is 44.3 Å².